The Bertz CT molecular complexity index is 777. The first-order valence-corrected chi connectivity index (χ1v) is 8.36. The van der Waals surface area contributed by atoms with Crippen LogP contribution in [-0.4, -0.2) is 17.0 Å². The largest absolute Gasteiger partial charge is 0.304 e. The first-order chi connectivity index (χ1) is 11.1. The van der Waals surface area contributed by atoms with Crippen LogP contribution in [0.1, 0.15) is 17.0 Å². The Hall–Kier alpha value is -2.11. The van der Waals surface area contributed by atoms with Gasteiger partial charge in [0.25, 0.3) is 5.91 Å². The van der Waals surface area contributed by atoms with Crippen molar-refractivity contribution in [2.75, 3.05) is 0 Å². The van der Waals surface area contributed by atoms with Gasteiger partial charge in [-0.2, -0.15) is 4.99 Å². The van der Waals surface area contributed by atoms with Crippen molar-refractivity contribution >= 4 is 40.3 Å². The zero-order chi connectivity index (χ0) is 16.2. The Morgan fingerprint density at radius 3 is 2.43 bits per heavy atom. The lowest BCUT2D eigenvalue weighted by molar-refractivity contribution is -0.129. The van der Waals surface area contributed by atoms with Gasteiger partial charge >= 0.3 is 0 Å². The van der Waals surface area contributed by atoms with E-state index in [1.165, 1.54) is 11.8 Å². The molecule has 0 aromatic heterocycles. The standard InChI is InChI=1S/C17H13ClN2O2S/c18-13-9-5-4-8-12(13)10-23-17-19-15(21)14(16(22)20-17)11-6-2-1-3-7-11/h1-9,14H,10H2,(H,19,20,21,22). The fourth-order valence-electron chi connectivity index (χ4n) is 2.25. The molecular formula is C17H13ClN2O2S. The Balaban J connectivity index is 1.73. The molecule has 2 amide bonds. The lowest BCUT2D eigenvalue weighted by atomic mass is 9.97. The molecular weight excluding hydrogens is 332 g/mol. The SMILES string of the molecule is O=C1N=C(SCc2ccccc2Cl)NC(=O)C1c1ccccc1. The van der Waals surface area contributed by atoms with Crippen molar-refractivity contribution in [2.24, 2.45) is 4.99 Å². The van der Waals surface area contributed by atoms with Crippen LogP contribution in [0.2, 0.25) is 5.02 Å². The molecule has 1 heterocycles. The van der Waals surface area contributed by atoms with Crippen LogP contribution in [-0.2, 0) is 15.3 Å². The van der Waals surface area contributed by atoms with Gasteiger partial charge in [-0.1, -0.05) is 71.9 Å². The molecule has 0 bridgehead atoms. The molecule has 1 atom stereocenters. The molecule has 2 aromatic rings. The Morgan fingerprint density at radius 1 is 1.04 bits per heavy atom. The molecule has 0 radical (unpaired) electrons. The number of carbonyl (C=O) groups excluding carboxylic acids is 2. The molecule has 0 spiro atoms. The lowest BCUT2D eigenvalue weighted by Gasteiger charge is -2.20. The van der Waals surface area contributed by atoms with Gasteiger partial charge < -0.3 is 5.32 Å². The topological polar surface area (TPSA) is 58.5 Å². The average Bonchev–Trinajstić information content (AvgIpc) is 2.54. The van der Waals surface area contributed by atoms with Crippen LogP contribution < -0.4 is 5.32 Å². The minimum Gasteiger partial charge on any atom is -0.304 e. The van der Waals surface area contributed by atoms with E-state index in [1.54, 1.807) is 30.3 Å². The molecule has 4 nitrogen and oxygen atoms in total. The van der Waals surface area contributed by atoms with Crippen molar-refractivity contribution in [2.45, 2.75) is 11.7 Å². The van der Waals surface area contributed by atoms with Crippen LogP contribution in [0.3, 0.4) is 0 Å². The summed E-state index contributed by atoms with van der Waals surface area (Å²) < 4.78 is 0. The van der Waals surface area contributed by atoms with Crippen molar-refractivity contribution in [1.29, 1.82) is 0 Å². The summed E-state index contributed by atoms with van der Waals surface area (Å²) in [5.41, 5.74) is 1.57. The minimum atomic E-state index is -0.874. The first kappa shape index (κ1) is 15.8. The highest BCUT2D eigenvalue weighted by molar-refractivity contribution is 8.13. The summed E-state index contributed by atoms with van der Waals surface area (Å²) in [5, 5.41) is 3.66. The smallest absolute Gasteiger partial charge is 0.265 e. The molecule has 1 unspecified atom stereocenters. The molecule has 116 valence electrons. The number of hydrogen-bond donors (Lipinski definition) is 1. The second kappa shape index (κ2) is 6.98. The molecule has 1 aliphatic rings. The molecule has 0 fully saturated rings. The van der Waals surface area contributed by atoms with Gasteiger partial charge in [-0.05, 0) is 17.2 Å². The van der Waals surface area contributed by atoms with Crippen LogP contribution in [0, 0.1) is 0 Å². The van der Waals surface area contributed by atoms with E-state index in [0.29, 0.717) is 21.5 Å². The van der Waals surface area contributed by atoms with Crippen molar-refractivity contribution in [3.05, 3.63) is 70.7 Å². The number of amidine groups is 1. The summed E-state index contributed by atoms with van der Waals surface area (Å²) in [6.45, 7) is 0. The zero-order valence-corrected chi connectivity index (χ0v) is 13.6. The normalized spacial score (nSPS) is 17.6. The van der Waals surface area contributed by atoms with E-state index in [9.17, 15) is 9.59 Å². The van der Waals surface area contributed by atoms with Crippen molar-refractivity contribution in [3.63, 3.8) is 0 Å². The summed E-state index contributed by atoms with van der Waals surface area (Å²) >= 11 is 7.38. The van der Waals surface area contributed by atoms with Crippen LogP contribution >= 0.6 is 23.4 Å². The van der Waals surface area contributed by atoms with Gasteiger partial charge in [0.15, 0.2) is 5.17 Å². The highest BCUT2D eigenvalue weighted by atomic mass is 35.5. The van der Waals surface area contributed by atoms with E-state index < -0.39 is 11.8 Å². The van der Waals surface area contributed by atoms with Crippen molar-refractivity contribution < 1.29 is 9.59 Å². The highest BCUT2D eigenvalue weighted by Crippen LogP contribution is 2.25. The number of hydrogen-bond acceptors (Lipinski definition) is 3. The maximum absolute atomic E-state index is 12.2. The van der Waals surface area contributed by atoms with E-state index in [-0.39, 0.29) is 5.91 Å². The third-order valence-corrected chi connectivity index (χ3v) is 4.70. The number of nitrogens with one attached hydrogen (secondary N) is 1. The molecule has 0 saturated carbocycles. The van der Waals surface area contributed by atoms with Crippen LogP contribution in [0.4, 0.5) is 0 Å². The van der Waals surface area contributed by atoms with E-state index in [2.05, 4.69) is 10.3 Å². The summed E-state index contributed by atoms with van der Waals surface area (Å²) in [6, 6.07) is 16.4. The Labute approximate surface area is 143 Å². The molecule has 6 heteroatoms. The van der Waals surface area contributed by atoms with Crippen molar-refractivity contribution in [3.8, 4) is 0 Å². The monoisotopic (exact) mass is 344 g/mol. The molecule has 0 aliphatic carbocycles. The summed E-state index contributed by atoms with van der Waals surface area (Å²) in [7, 11) is 0. The number of carbonyl (C=O) groups is 2. The first-order valence-electron chi connectivity index (χ1n) is 6.99. The predicted molar refractivity (Wildman–Crippen MR) is 92.5 cm³/mol. The fourth-order valence-corrected chi connectivity index (χ4v) is 3.40. The lowest BCUT2D eigenvalue weighted by Crippen LogP contribution is -2.41. The second-order valence-electron chi connectivity index (χ2n) is 4.97. The molecule has 3 rings (SSSR count). The van der Waals surface area contributed by atoms with Crippen LogP contribution in [0.5, 0.6) is 0 Å². The summed E-state index contributed by atoms with van der Waals surface area (Å²) in [6.07, 6.45) is 0. The number of thioether (sulfide) groups is 1. The number of amides is 2. The number of rotatable bonds is 3. The highest BCUT2D eigenvalue weighted by Gasteiger charge is 2.33. The zero-order valence-electron chi connectivity index (χ0n) is 12.0. The van der Waals surface area contributed by atoms with E-state index in [1.807, 2.05) is 24.3 Å². The third-order valence-electron chi connectivity index (χ3n) is 3.41. The van der Waals surface area contributed by atoms with E-state index in [4.69, 9.17) is 11.6 Å². The summed E-state index contributed by atoms with van der Waals surface area (Å²) in [5.74, 6) is -1.14. The van der Waals surface area contributed by atoms with Gasteiger partial charge in [-0.3, -0.25) is 9.59 Å². The maximum Gasteiger partial charge on any atom is 0.265 e. The molecule has 2 aromatic carbocycles. The number of nitrogens with zero attached hydrogens (tertiary/aromatic N) is 1. The summed E-state index contributed by atoms with van der Waals surface area (Å²) in [4.78, 5) is 28.4. The number of halogens is 1. The van der Waals surface area contributed by atoms with E-state index >= 15 is 0 Å². The van der Waals surface area contributed by atoms with Gasteiger partial charge in [0, 0.05) is 10.8 Å². The molecule has 1 aliphatic heterocycles. The van der Waals surface area contributed by atoms with E-state index in [0.717, 1.165) is 5.56 Å². The van der Waals surface area contributed by atoms with Gasteiger partial charge in [-0.25, -0.2) is 0 Å². The quantitative estimate of drug-likeness (QED) is 0.868. The van der Waals surface area contributed by atoms with Crippen LogP contribution in [0.15, 0.2) is 59.6 Å². The van der Waals surface area contributed by atoms with Gasteiger partial charge in [-0.15, -0.1) is 0 Å². The average molecular weight is 345 g/mol. The number of benzene rings is 2. The number of aliphatic imine (C=N–C) groups is 1. The third kappa shape index (κ3) is 3.63. The Kier molecular flexibility index (Phi) is 4.79. The predicted octanol–water partition coefficient (Wildman–Crippen LogP) is 3.37. The van der Waals surface area contributed by atoms with Gasteiger partial charge in [0.2, 0.25) is 5.91 Å². The molecule has 23 heavy (non-hydrogen) atoms. The molecule has 1 N–H and O–H groups in total. The minimum absolute atomic E-state index is 0.312. The Morgan fingerprint density at radius 2 is 1.74 bits per heavy atom. The van der Waals surface area contributed by atoms with Crippen molar-refractivity contribution in [1.82, 2.24) is 5.32 Å². The van der Waals surface area contributed by atoms with Crippen LogP contribution in [0.25, 0.3) is 0 Å². The van der Waals surface area contributed by atoms with Gasteiger partial charge in [0.1, 0.15) is 5.92 Å². The maximum atomic E-state index is 12.2. The van der Waals surface area contributed by atoms with Gasteiger partial charge in [0.05, 0.1) is 0 Å². The second-order valence-corrected chi connectivity index (χ2v) is 6.34. The fraction of sp³-hybridized carbons (Fsp3) is 0.118. The molecule has 0 saturated heterocycles.